The number of hydrogen-bond donors (Lipinski definition) is 2. The second-order valence-corrected chi connectivity index (χ2v) is 7.10. The minimum atomic E-state index is 0.0660. The van der Waals surface area contributed by atoms with Crippen LogP contribution in [0.4, 0.5) is 0 Å². The molecule has 3 atom stereocenters. The summed E-state index contributed by atoms with van der Waals surface area (Å²) in [5.41, 5.74) is 1.28. The number of thioether (sulfide) groups is 1. The second-order valence-electron chi connectivity index (χ2n) is 6.19. The van der Waals surface area contributed by atoms with Crippen molar-refractivity contribution in [3.05, 3.63) is 48.0 Å². The Balaban J connectivity index is 1.69. The molecule has 0 aromatic heterocycles. The number of benzene rings is 2. The van der Waals surface area contributed by atoms with E-state index in [2.05, 4.69) is 41.7 Å². The van der Waals surface area contributed by atoms with Gasteiger partial charge in [-0.2, -0.15) is 11.8 Å². The van der Waals surface area contributed by atoms with Crippen molar-refractivity contribution < 1.29 is 9.90 Å². The number of aliphatic hydroxyl groups excluding tert-OH is 1. The molecule has 3 rings (SSSR count). The van der Waals surface area contributed by atoms with Gasteiger partial charge in [-0.25, -0.2) is 0 Å². The van der Waals surface area contributed by atoms with Crippen LogP contribution in [0.2, 0.25) is 0 Å². The van der Waals surface area contributed by atoms with E-state index in [9.17, 15) is 4.79 Å². The molecule has 0 spiro atoms. The van der Waals surface area contributed by atoms with Crippen LogP contribution in [0.1, 0.15) is 24.3 Å². The van der Waals surface area contributed by atoms with E-state index in [4.69, 9.17) is 5.11 Å². The molecule has 2 aromatic rings. The van der Waals surface area contributed by atoms with Gasteiger partial charge >= 0.3 is 0 Å². The van der Waals surface area contributed by atoms with E-state index in [0.717, 1.165) is 12.2 Å². The molecule has 0 aliphatic heterocycles. The Hall–Kier alpha value is -1.52. The molecular formula is C19H23NO2S. The maximum absolute atomic E-state index is 12.5. The first kappa shape index (κ1) is 16.3. The molecule has 0 saturated heterocycles. The topological polar surface area (TPSA) is 49.3 Å². The number of amides is 1. The van der Waals surface area contributed by atoms with Gasteiger partial charge < -0.3 is 10.4 Å². The molecule has 3 nitrogen and oxygen atoms in total. The van der Waals surface area contributed by atoms with Crippen LogP contribution in [0.15, 0.2) is 42.5 Å². The van der Waals surface area contributed by atoms with Gasteiger partial charge in [0.05, 0.1) is 0 Å². The van der Waals surface area contributed by atoms with Crippen LogP contribution in [0, 0.1) is 5.92 Å². The van der Waals surface area contributed by atoms with Crippen LogP contribution in [0.5, 0.6) is 0 Å². The third-order valence-electron chi connectivity index (χ3n) is 4.54. The maximum Gasteiger partial charge on any atom is 0.223 e. The lowest BCUT2D eigenvalue weighted by Gasteiger charge is -2.16. The Labute approximate surface area is 141 Å². The predicted octanol–water partition coefficient (Wildman–Crippen LogP) is 3.17. The fourth-order valence-electron chi connectivity index (χ4n) is 3.26. The molecule has 1 aliphatic carbocycles. The van der Waals surface area contributed by atoms with Crippen molar-refractivity contribution >= 4 is 28.4 Å². The molecule has 0 bridgehead atoms. The van der Waals surface area contributed by atoms with E-state index in [0.29, 0.717) is 12.3 Å². The van der Waals surface area contributed by atoms with Crippen LogP contribution in [0.3, 0.4) is 0 Å². The fourth-order valence-corrected chi connectivity index (χ4v) is 3.92. The fraction of sp³-hybridized carbons (Fsp3) is 0.421. The number of rotatable bonds is 7. The van der Waals surface area contributed by atoms with Crippen molar-refractivity contribution in [1.82, 2.24) is 5.32 Å². The average molecular weight is 329 g/mol. The molecule has 1 fully saturated rings. The number of nitrogens with one attached hydrogen (secondary N) is 1. The van der Waals surface area contributed by atoms with E-state index in [1.54, 1.807) is 11.8 Å². The second kappa shape index (κ2) is 7.37. The maximum atomic E-state index is 12.5. The quantitative estimate of drug-likeness (QED) is 0.820. The Morgan fingerprint density at radius 3 is 2.87 bits per heavy atom. The van der Waals surface area contributed by atoms with Gasteiger partial charge in [-0.1, -0.05) is 42.5 Å². The molecule has 1 saturated carbocycles. The van der Waals surface area contributed by atoms with Crippen molar-refractivity contribution in [3.8, 4) is 0 Å². The Morgan fingerprint density at radius 1 is 1.30 bits per heavy atom. The lowest BCUT2D eigenvalue weighted by Crippen LogP contribution is -2.38. The minimum absolute atomic E-state index is 0.0660. The SMILES string of the molecule is CSCC(CCO)NC(=O)C1CC1c1cccc2ccccc12. The summed E-state index contributed by atoms with van der Waals surface area (Å²) in [6.45, 7) is 0.114. The average Bonchev–Trinajstić information content (AvgIpc) is 3.35. The summed E-state index contributed by atoms with van der Waals surface area (Å²) in [6, 6.07) is 14.8. The van der Waals surface area contributed by atoms with Gasteiger partial charge in [0.15, 0.2) is 0 Å². The van der Waals surface area contributed by atoms with Gasteiger partial charge in [-0.05, 0) is 41.4 Å². The van der Waals surface area contributed by atoms with Gasteiger partial charge in [-0.3, -0.25) is 4.79 Å². The summed E-state index contributed by atoms with van der Waals surface area (Å²) >= 11 is 1.70. The Kier molecular flexibility index (Phi) is 5.23. The van der Waals surface area contributed by atoms with Gasteiger partial charge in [0.2, 0.25) is 5.91 Å². The van der Waals surface area contributed by atoms with Crippen molar-refractivity contribution in [2.24, 2.45) is 5.92 Å². The summed E-state index contributed by atoms with van der Waals surface area (Å²) in [4.78, 5) is 12.5. The first-order chi connectivity index (χ1) is 11.2. The summed E-state index contributed by atoms with van der Waals surface area (Å²) in [7, 11) is 0. The molecule has 2 aromatic carbocycles. The zero-order chi connectivity index (χ0) is 16.2. The first-order valence-electron chi connectivity index (χ1n) is 8.12. The molecule has 0 heterocycles. The summed E-state index contributed by atoms with van der Waals surface area (Å²) in [5.74, 6) is 1.38. The smallest absolute Gasteiger partial charge is 0.223 e. The first-order valence-corrected chi connectivity index (χ1v) is 9.51. The van der Waals surface area contributed by atoms with Crippen LogP contribution < -0.4 is 5.32 Å². The predicted molar refractivity (Wildman–Crippen MR) is 96.8 cm³/mol. The largest absolute Gasteiger partial charge is 0.396 e. The van der Waals surface area contributed by atoms with E-state index < -0.39 is 0 Å². The van der Waals surface area contributed by atoms with E-state index in [1.807, 2.05) is 12.3 Å². The lowest BCUT2D eigenvalue weighted by molar-refractivity contribution is -0.123. The van der Waals surface area contributed by atoms with Crippen LogP contribution in [-0.2, 0) is 4.79 Å². The number of hydrogen-bond acceptors (Lipinski definition) is 3. The van der Waals surface area contributed by atoms with Gasteiger partial charge in [0, 0.05) is 24.3 Å². The Morgan fingerprint density at radius 2 is 2.09 bits per heavy atom. The molecule has 3 unspecified atom stereocenters. The molecule has 122 valence electrons. The molecule has 1 amide bonds. The number of carbonyl (C=O) groups excluding carboxylic acids is 1. The van der Waals surface area contributed by atoms with Gasteiger partial charge in [0.25, 0.3) is 0 Å². The van der Waals surface area contributed by atoms with Gasteiger partial charge in [-0.15, -0.1) is 0 Å². The zero-order valence-electron chi connectivity index (χ0n) is 13.4. The third kappa shape index (κ3) is 3.70. The van der Waals surface area contributed by atoms with Crippen LogP contribution >= 0.6 is 11.8 Å². The summed E-state index contributed by atoms with van der Waals surface area (Å²) < 4.78 is 0. The third-order valence-corrected chi connectivity index (χ3v) is 5.28. The van der Waals surface area contributed by atoms with Crippen molar-refractivity contribution in [3.63, 3.8) is 0 Å². The van der Waals surface area contributed by atoms with Crippen molar-refractivity contribution in [2.75, 3.05) is 18.6 Å². The number of aliphatic hydroxyl groups is 1. The molecule has 4 heteroatoms. The van der Waals surface area contributed by atoms with Crippen molar-refractivity contribution in [2.45, 2.75) is 24.8 Å². The number of carbonyl (C=O) groups is 1. The lowest BCUT2D eigenvalue weighted by atomic mass is 10.00. The normalized spacial score (nSPS) is 21.1. The summed E-state index contributed by atoms with van der Waals surface area (Å²) in [5, 5.41) is 14.7. The highest BCUT2D eigenvalue weighted by Gasteiger charge is 2.44. The molecule has 1 aliphatic rings. The molecule has 2 N–H and O–H groups in total. The van der Waals surface area contributed by atoms with E-state index in [-0.39, 0.29) is 24.5 Å². The standard InChI is InChI=1S/C19H23NO2S/c1-23-12-14(9-10-21)20-19(22)18-11-17(18)16-8-4-6-13-5-2-3-7-15(13)16/h2-8,14,17-18,21H,9-12H2,1H3,(H,20,22). The van der Waals surface area contributed by atoms with Crippen molar-refractivity contribution in [1.29, 1.82) is 0 Å². The highest BCUT2D eigenvalue weighted by atomic mass is 32.2. The monoisotopic (exact) mass is 329 g/mol. The van der Waals surface area contributed by atoms with E-state index >= 15 is 0 Å². The molecule has 0 radical (unpaired) electrons. The summed E-state index contributed by atoms with van der Waals surface area (Å²) in [6.07, 6.45) is 3.57. The van der Waals surface area contributed by atoms with Crippen LogP contribution in [0.25, 0.3) is 10.8 Å². The highest BCUT2D eigenvalue weighted by molar-refractivity contribution is 7.98. The molecular weight excluding hydrogens is 306 g/mol. The van der Waals surface area contributed by atoms with Crippen LogP contribution in [-0.4, -0.2) is 35.7 Å². The highest BCUT2D eigenvalue weighted by Crippen LogP contribution is 2.49. The zero-order valence-corrected chi connectivity index (χ0v) is 14.2. The molecule has 23 heavy (non-hydrogen) atoms. The van der Waals surface area contributed by atoms with E-state index in [1.165, 1.54) is 16.3 Å². The number of fused-ring (bicyclic) bond motifs is 1. The minimum Gasteiger partial charge on any atom is -0.396 e. The Bertz CT molecular complexity index is 677. The van der Waals surface area contributed by atoms with Gasteiger partial charge in [0.1, 0.15) is 0 Å².